The van der Waals surface area contributed by atoms with Gasteiger partial charge in [-0.1, -0.05) is 30.7 Å². The van der Waals surface area contributed by atoms with Gasteiger partial charge in [-0.15, -0.1) is 0 Å². The number of piperidine rings is 1. The lowest BCUT2D eigenvalue weighted by atomic mass is 9.99. The Labute approximate surface area is 154 Å². The maximum Gasteiger partial charge on any atom is 0.255 e. The largest absolute Gasteiger partial charge is 0.383 e. The van der Waals surface area contributed by atoms with Crippen molar-refractivity contribution >= 4 is 23.2 Å². The Morgan fingerprint density at radius 1 is 1.24 bits per heavy atom. The molecule has 0 saturated carbocycles. The fourth-order valence-corrected chi connectivity index (χ4v) is 3.18. The summed E-state index contributed by atoms with van der Waals surface area (Å²) in [5.41, 5.74) is 2.76. The fraction of sp³-hybridized carbons (Fsp3) is 0.400. The molecule has 1 aliphatic rings. The Morgan fingerprint density at radius 2 is 1.96 bits per heavy atom. The van der Waals surface area contributed by atoms with Crippen LogP contribution in [-0.2, 0) is 6.42 Å². The Balaban J connectivity index is 1.55. The Morgan fingerprint density at radius 3 is 2.68 bits per heavy atom. The highest BCUT2D eigenvalue weighted by Gasteiger charge is 2.21. The van der Waals surface area contributed by atoms with Crippen LogP contribution in [0.2, 0.25) is 5.02 Å². The topological polar surface area (TPSA) is 45.2 Å². The van der Waals surface area contributed by atoms with Gasteiger partial charge in [-0.25, -0.2) is 0 Å². The molecule has 4 nitrogen and oxygen atoms in total. The quantitative estimate of drug-likeness (QED) is 0.869. The van der Waals surface area contributed by atoms with Crippen LogP contribution in [-0.4, -0.2) is 35.4 Å². The minimum Gasteiger partial charge on any atom is -0.383 e. The summed E-state index contributed by atoms with van der Waals surface area (Å²) in [6.45, 7) is 4.71. The van der Waals surface area contributed by atoms with Gasteiger partial charge in [0.15, 0.2) is 0 Å². The molecule has 25 heavy (non-hydrogen) atoms. The first-order valence-electron chi connectivity index (χ1n) is 8.84. The molecule has 1 aliphatic heterocycles. The van der Waals surface area contributed by atoms with E-state index < -0.39 is 0 Å². The number of nitrogens with one attached hydrogen (secondary N) is 1. The third-order valence-electron chi connectivity index (χ3n) is 4.71. The number of aromatic nitrogens is 1. The highest BCUT2D eigenvalue weighted by Crippen LogP contribution is 2.19. The fourth-order valence-electron chi connectivity index (χ4n) is 3.05. The third-order valence-corrected chi connectivity index (χ3v) is 4.96. The number of rotatable bonds is 5. The van der Waals surface area contributed by atoms with Gasteiger partial charge in [0.1, 0.15) is 0 Å². The SMILES string of the molecule is CC1CCN(C(=O)c2cncc(NCCc3ccc(Cl)cc3)c2)CC1. The molecule has 0 aliphatic carbocycles. The van der Waals surface area contributed by atoms with Crippen molar-refractivity contribution in [2.24, 2.45) is 5.92 Å². The van der Waals surface area contributed by atoms with Crippen LogP contribution in [0, 0.1) is 5.92 Å². The number of halogens is 1. The number of benzene rings is 1. The molecule has 3 rings (SSSR count). The van der Waals surface area contributed by atoms with E-state index in [1.54, 1.807) is 12.4 Å². The van der Waals surface area contributed by atoms with Gasteiger partial charge >= 0.3 is 0 Å². The Kier molecular flexibility index (Phi) is 5.92. The highest BCUT2D eigenvalue weighted by molar-refractivity contribution is 6.30. The van der Waals surface area contributed by atoms with Gasteiger partial charge in [0.2, 0.25) is 0 Å². The number of nitrogens with zero attached hydrogens (tertiary/aromatic N) is 2. The van der Waals surface area contributed by atoms with Crippen LogP contribution in [0.3, 0.4) is 0 Å². The van der Waals surface area contributed by atoms with Crippen molar-refractivity contribution in [2.45, 2.75) is 26.2 Å². The molecule has 5 heteroatoms. The number of pyridine rings is 1. The van der Waals surface area contributed by atoms with Crippen LogP contribution in [0.4, 0.5) is 5.69 Å². The standard InChI is InChI=1S/C20H24ClN3O/c1-15-7-10-24(11-8-15)20(25)17-12-19(14-22-13-17)23-9-6-16-2-4-18(21)5-3-16/h2-5,12-15,23H,6-11H2,1H3. The number of carbonyl (C=O) groups is 1. The van der Waals surface area contributed by atoms with E-state index in [4.69, 9.17) is 11.6 Å². The van der Waals surface area contributed by atoms with E-state index in [1.807, 2.05) is 35.2 Å². The van der Waals surface area contributed by atoms with Gasteiger partial charge < -0.3 is 10.2 Å². The van der Waals surface area contributed by atoms with Crippen molar-refractivity contribution in [1.82, 2.24) is 9.88 Å². The van der Waals surface area contributed by atoms with Gasteiger partial charge in [-0.05, 0) is 48.9 Å². The van der Waals surface area contributed by atoms with E-state index in [1.165, 1.54) is 5.56 Å². The number of carbonyl (C=O) groups excluding carboxylic acids is 1. The summed E-state index contributed by atoms with van der Waals surface area (Å²) in [6, 6.07) is 9.75. The van der Waals surface area contributed by atoms with Gasteiger partial charge in [0.05, 0.1) is 11.3 Å². The number of hydrogen-bond donors (Lipinski definition) is 1. The first-order chi connectivity index (χ1) is 12.1. The van der Waals surface area contributed by atoms with Gasteiger partial charge in [0.25, 0.3) is 5.91 Å². The van der Waals surface area contributed by atoms with Crippen LogP contribution in [0.5, 0.6) is 0 Å². The van der Waals surface area contributed by atoms with Crippen molar-refractivity contribution in [3.63, 3.8) is 0 Å². The van der Waals surface area contributed by atoms with Crippen molar-refractivity contribution in [2.75, 3.05) is 25.0 Å². The molecule has 2 aromatic rings. The normalized spacial score (nSPS) is 15.2. The summed E-state index contributed by atoms with van der Waals surface area (Å²) < 4.78 is 0. The predicted octanol–water partition coefficient (Wildman–Crippen LogP) is 4.26. The molecule has 0 unspecified atom stereocenters. The number of hydrogen-bond acceptors (Lipinski definition) is 3. The van der Waals surface area contributed by atoms with E-state index in [0.717, 1.165) is 49.6 Å². The van der Waals surface area contributed by atoms with E-state index in [-0.39, 0.29) is 5.91 Å². The Bertz CT molecular complexity index is 709. The van der Waals surface area contributed by atoms with E-state index in [9.17, 15) is 4.79 Å². The lowest BCUT2D eigenvalue weighted by molar-refractivity contribution is 0.0697. The van der Waals surface area contributed by atoms with Gasteiger partial charge in [-0.2, -0.15) is 0 Å². The minimum atomic E-state index is 0.0840. The molecule has 0 radical (unpaired) electrons. The van der Waals surface area contributed by atoms with Gasteiger partial charge in [-0.3, -0.25) is 9.78 Å². The summed E-state index contributed by atoms with van der Waals surface area (Å²) in [7, 11) is 0. The van der Waals surface area contributed by atoms with Crippen molar-refractivity contribution in [3.8, 4) is 0 Å². The zero-order valence-corrected chi connectivity index (χ0v) is 15.3. The molecule has 132 valence electrons. The van der Waals surface area contributed by atoms with Crippen molar-refractivity contribution < 1.29 is 4.79 Å². The van der Waals surface area contributed by atoms with Crippen molar-refractivity contribution in [3.05, 3.63) is 58.9 Å². The van der Waals surface area contributed by atoms with Crippen LogP contribution in [0.1, 0.15) is 35.7 Å². The lowest BCUT2D eigenvalue weighted by Crippen LogP contribution is -2.37. The predicted molar refractivity (Wildman–Crippen MR) is 102 cm³/mol. The zero-order valence-electron chi connectivity index (χ0n) is 14.5. The molecule has 2 heterocycles. The average molecular weight is 358 g/mol. The molecule has 1 N–H and O–H groups in total. The number of amides is 1. The molecule has 1 saturated heterocycles. The molecular weight excluding hydrogens is 334 g/mol. The summed E-state index contributed by atoms with van der Waals surface area (Å²) in [6.07, 6.45) is 6.47. The second-order valence-electron chi connectivity index (χ2n) is 6.74. The van der Waals surface area contributed by atoms with Gasteiger partial charge in [0, 0.05) is 37.1 Å². The second-order valence-corrected chi connectivity index (χ2v) is 7.18. The maximum atomic E-state index is 12.6. The molecule has 1 aromatic heterocycles. The molecule has 0 atom stereocenters. The molecule has 1 fully saturated rings. The van der Waals surface area contributed by atoms with Crippen molar-refractivity contribution in [1.29, 1.82) is 0 Å². The van der Waals surface area contributed by atoms with Crippen LogP contribution < -0.4 is 5.32 Å². The first kappa shape index (κ1) is 17.7. The lowest BCUT2D eigenvalue weighted by Gasteiger charge is -2.30. The molecular formula is C20H24ClN3O. The van der Waals surface area contributed by atoms with E-state index >= 15 is 0 Å². The summed E-state index contributed by atoms with van der Waals surface area (Å²) in [5.74, 6) is 0.795. The monoisotopic (exact) mass is 357 g/mol. The van der Waals surface area contributed by atoms with Crippen LogP contribution >= 0.6 is 11.6 Å². The molecule has 0 spiro atoms. The third kappa shape index (κ3) is 4.95. The van der Waals surface area contributed by atoms with E-state index in [2.05, 4.69) is 17.2 Å². The minimum absolute atomic E-state index is 0.0840. The summed E-state index contributed by atoms with van der Waals surface area (Å²) in [5, 5.41) is 4.10. The maximum absolute atomic E-state index is 12.6. The smallest absolute Gasteiger partial charge is 0.255 e. The average Bonchev–Trinajstić information content (AvgIpc) is 2.64. The van der Waals surface area contributed by atoms with E-state index in [0.29, 0.717) is 11.5 Å². The summed E-state index contributed by atoms with van der Waals surface area (Å²) in [4.78, 5) is 18.8. The number of anilines is 1. The zero-order chi connectivity index (χ0) is 17.6. The summed E-state index contributed by atoms with van der Waals surface area (Å²) >= 11 is 5.90. The second kappa shape index (κ2) is 8.34. The highest BCUT2D eigenvalue weighted by atomic mass is 35.5. The number of likely N-dealkylation sites (tertiary alicyclic amines) is 1. The molecule has 0 bridgehead atoms. The molecule has 1 aromatic carbocycles. The first-order valence-corrected chi connectivity index (χ1v) is 9.22. The Hall–Kier alpha value is -2.07. The molecule has 1 amide bonds. The van der Waals surface area contributed by atoms with Crippen LogP contribution in [0.15, 0.2) is 42.7 Å². The van der Waals surface area contributed by atoms with Crippen LogP contribution in [0.25, 0.3) is 0 Å².